The molecule has 0 rings (SSSR count). The number of ether oxygens (including phenoxy) is 3. The van der Waals surface area contributed by atoms with Gasteiger partial charge < -0.3 is 14.2 Å². The highest BCUT2D eigenvalue weighted by atomic mass is 16.6. The van der Waals surface area contributed by atoms with Crippen LogP contribution >= 0.6 is 0 Å². The Kier molecular flexibility index (Phi) is 58.3. The predicted molar refractivity (Wildman–Crippen MR) is 316 cm³/mol. The lowest BCUT2D eigenvalue weighted by Gasteiger charge is -2.18. The fourth-order valence-corrected chi connectivity index (χ4v) is 8.76. The number of esters is 3. The Morgan fingerprint density at radius 1 is 0.288 bits per heavy atom. The maximum absolute atomic E-state index is 12.9. The van der Waals surface area contributed by atoms with E-state index in [0.29, 0.717) is 19.3 Å². The van der Waals surface area contributed by atoms with Gasteiger partial charge in [0.1, 0.15) is 13.2 Å². The third-order valence-corrected chi connectivity index (χ3v) is 13.4. The Morgan fingerprint density at radius 3 is 0.890 bits per heavy atom. The molecule has 0 aliphatic rings. The van der Waals surface area contributed by atoms with Crippen LogP contribution < -0.4 is 0 Å². The van der Waals surface area contributed by atoms with Crippen LogP contribution in [-0.2, 0) is 28.6 Å². The predicted octanol–water partition coefficient (Wildman–Crippen LogP) is 21.1. The zero-order valence-electron chi connectivity index (χ0n) is 48.1. The van der Waals surface area contributed by atoms with Crippen LogP contribution in [0.1, 0.15) is 303 Å². The molecule has 0 amide bonds. The minimum absolute atomic E-state index is 0.107. The number of hydrogen-bond donors (Lipinski definition) is 0. The van der Waals surface area contributed by atoms with E-state index in [-0.39, 0.29) is 31.6 Å². The normalized spacial score (nSPS) is 12.6. The Labute approximate surface area is 452 Å². The fourth-order valence-electron chi connectivity index (χ4n) is 8.76. The maximum Gasteiger partial charge on any atom is 0.306 e. The molecule has 0 bridgehead atoms. The molecule has 6 nitrogen and oxygen atoms in total. The van der Waals surface area contributed by atoms with Crippen LogP contribution in [0.25, 0.3) is 0 Å². The number of allylic oxidation sites excluding steroid dienone is 14. The first-order valence-corrected chi connectivity index (χ1v) is 31.1. The second-order valence-corrected chi connectivity index (χ2v) is 20.6. The molecule has 0 aliphatic heterocycles. The highest BCUT2D eigenvalue weighted by Gasteiger charge is 2.19. The van der Waals surface area contributed by atoms with Crippen molar-refractivity contribution in [1.29, 1.82) is 0 Å². The highest BCUT2D eigenvalue weighted by Crippen LogP contribution is 2.17. The SMILES string of the molecule is CC/C=C\C/C=C\C/C=C\C/C=C\C/C=C\C/C=C\CCC(=O)OC(COC(=O)CCCCCCC/C=C\CCCCCCC)COC(=O)CCCCCCCCCCCCCCCCCCCCCCCC. The molecule has 0 spiro atoms. The van der Waals surface area contributed by atoms with Gasteiger partial charge in [-0.05, 0) is 83.5 Å². The van der Waals surface area contributed by atoms with Crippen molar-refractivity contribution < 1.29 is 28.6 Å². The summed E-state index contributed by atoms with van der Waals surface area (Å²) in [5.74, 6) is -0.989. The van der Waals surface area contributed by atoms with Crippen LogP contribution in [0.2, 0.25) is 0 Å². The van der Waals surface area contributed by atoms with Crippen molar-refractivity contribution in [3.8, 4) is 0 Å². The van der Waals surface area contributed by atoms with Crippen LogP contribution in [0.5, 0.6) is 0 Å². The summed E-state index contributed by atoms with van der Waals surface area (Å²) in [6.45, 7) is 6.48. The summed E-state index contributed by atoms with van der Waals surface area (Å²) in [6, 6.07) is 0. The summed E-state index contributed by atoms with van der Waals surface area (Å²) in [5.41, 5.74) is 0. The third kappa shape index (κ3) is 59.3. The molecule has 0 saturated carbocycles. The summed E-state index contributed by atoms with van der Waals surface area (Å²) in [7, 11) is 0. The smallest absolute Gasteiger partial charge is 0.306 e. The Hall–Kier alpha value is -3.41. The van der Waals surface area contributed by atoms with E-state index in [1.54, 1.807) is 0 Å². The summed E-state index contributed by atoms with van der Waals surface area (Å²) in [5, 5.41) is 0. The van der Waals surface area contributed by atoms with E-state index in [1.807, 2.05) is 6.08 Å². The fraction of sp³-hybridized carbons (Fsp3) is 0.746. The highest BCUT2D eigenvalue weighted by molar-refractivity contribution is 5.71. The number of carbonyl (C=O) groups excluding carboxylic acids is 3. The van der Waals surface area contributed by atoms with Crippen LogP contribution in [0.3, 0.4) is 0 Å². The topological polar surface area (TPSA) is 78.9 Å². The van der Waals surface area contributed by atoms with Crippen molar-refractivity contribution in [3.05, 3.63) is 85.1 Å². The van der Waals surface area contributed by atoms with E-state index in [1.165, 1.54) is 167 Å². The molecule has 73 heavy (non-hydrogen) atoms. The monoisotopic (exact) mass is 1020 g/mol. The molecule has 0 aromatic carbocycles. The number of unbranched alkanes of at least 4 members (excludes halogenated alkanes) is 31. The Balaban J connectivity index is 4.42. The van der Waals surface area contributed by atoms with Gasteiger partial charge in [-0.15, -0.1) is 0 Å². The molecule has 0 aliphatic carbocycles. The van der Waals surface area contributed by atoms with Crippen LogP contribution in [0, 0.1) is 0 Å². The Morgan fingerprint density at radius 2 is 0.562 bits per heavy atom. The molecule has 0 N–H and O–H groups in total. The minimum Gasteiger partial charge on any atom is -0.462 e. The van der Waals surface area contributed by atoms with Gasteiger partial charge in [0.15, 0.2) is 6.10 Å². The standard InChI is InChI=1S/C67H116O6/c1-4-7-10-13-16-19-22-25-28-30-32-33-34-36-37-39-42-45-48-51-54-57-60-66(69)72-63-64(62-71-65(68)59-56-53-50-47-44-41-27-24-21-18-15-12-9-6-3)73-67(70)61-58-55-52-49-46-43-40-38-35-31-29-26-23-20-17-14-11-8-5-2/h8,11,17,20,24,26-27,29,35,38,43,46,52,55,64H,4-7,9-10,12-16,18-19,21-23,25,28,30-34,36-37,39-42,44-45,47-51,53-54,56-63H2,1-3H3/b11-8-,20-17-,27-24-,29-26-,38-35-,46-43-,55-52-. The molecule has 420 valence electrons. The van der Waals surface area contributed by atoms with Gasteiger partial charge in [-0.3, -0.25) is 14.4 Å². The summed E-state index contributed by atoms with van der Waals surface area (Å²) >= 11 is 0. The van der Waals surface area contributed by atoms with E-state index in [4.69, 9.17) is 14.2 Å². The summed E-state index contributed by atoms with van der Waals surface area (Å²) < 4.78 is 16.8. The first-order chi connectivity index (χ1) is 36.0. The van der Waals surface area contributed by atoms with E-state index >= 15 is 0 Å². The first kappa shape index (κ1) is 69.6. The molecule has 1 unspecified atom stereocenters. The van der Waals surface area contributed by atoms with E-state index in [0.717, 1.165) is 89.9 Å². The lowest BCUT2D eigenvalue weighted by molar-refractivity contribution is -0.166. The van der Waals surface area contributed by atoms with Crippen LogP contribution in [-0.4, -0.2) is 37.2 Å². The summed E-state index contributed by atoms with van der Waals surface area (Å²) in [4.78, 5) is 38.2. The van der Waals surface area contributed by atoms with Crippen molar-refractivity contribution in [2.24, 2.45) is 0 Å². The summed E-state index contributed by atoms with van der Waals surface area (Å²) in [6.07, 6.45) is 80.3. The van der Waals surface area contributed by atoms with Gasteiger partial charge in [-0.2, -0.15) is 0 Å². The van der Waals surface area contributed by atoms with Gasteiger partial charge in [0.2, 0.25) is 0 Å². The third-order valence-electron chi connectivity index (χ3n) is 13.4. The second-order valence-electron chi connectivity index (χ2n) is 20.6. The van der Waals surface area contributed by atoms with Crippen molar-refractivity contribution in [2.75, 3.05) is 13.2 Å². The van der Waals surface area contributed by atoms with Gasteiger partial charge in [-0.25, -0.2) is 0 Å². The zero-order chi connectivity index (χ0) is 52.9. The molecule has 6 heteroatoms. The molecule has 0 saturated heterocycles. The average molecular weight is 1020 g/mol. The van der Waals surface area contributed by atoms with Crippen molar-refractivity contribution >= 4 is 17.9 Å². The lowest BCUT2D eigenvalue weighted by atomic mass is 10.0. The minimum atomic E-state index is -0.820. The van der Waals surface area contributed by atoms with E-state index in [9.17, 15) is 14.4 Å². The van der Waals surface area contributed by atoms with Gasteiger partial charge >= 0.3 is 17.9 Å². The quantitative estimate of drug-likeness (QED) is 0.0261. The van der Waals surface area contributed by atoms with Gasteiger partial charge in [0.25, 0.3) is 0 Å². The first-order valence-electron chi connectivity index (χ1n) is 31.1. The van der Waals surface area contributed by atoms with Gasteiger partial charge in [0, 0.05) is 19.3 Å². The number of carbonyl (C=O) groups is 3. The van der Waals surface area contributed by atoms with Crippen molar-refractivity contribution in [2.45, 2.75) is 309 Å². The molecule has 0 fully saturated rings. The average Bonchev–Trinajstić information content (AvgIpc) is 3.39. The maximum atomic E-state index is 12.9. The molecule has 0 radical (unpaired) electrons. The number of hydrogen-bond acceptors (Lipinski definition) is 6. The Bertz CT molecular complexity index is 1400. The molecule has 0 heterocycles. The van der Waals surface area contributed by atoms with Gasteiger partial charge in [0.05, 0.1) is 0 Å². The van der Waals surface area contributed by atoms with Crippen molar-refractivity contribution in [1.82, 2.24) is 0 Å². The van der Waals surface area contributed by atoms with Crippen molar-refractivity contribution in [3.63, 3.8) is 0 Å². The lowest BCUT2D eigenvalue weighted by Crippen LogP contribution is -2.30. The molecule has 1 atom stereocenters. The molecular formula is C67H116O6. The molecule has 0 aromatic rings. The number of rotatable bonds is 56. The van der Waals surface area contributed by atoms with E-state index < -0.39 is 12.1 Å². The second kappa shape index (κ2) is 61.1. The molecular weight excluding hydrogens is 901 g/mol. The van der Waals surface area contributed by atoms with Crippen LogP contribution in [0.15, 0.2) is 85.1 Å². The van der Waals surface area contributed by atoms with E-state index in [2.05, 4.69) is 99.8 Å². The van der Waals surface area contributed by atoms with Crippen LogP contribution in [0.4, 0.5) is 0 Å². The largest absolute Gasteiger partial charge is 0.462 e. The molecule has 0 aromatic heterocycles. The zero-order valence-corrected chi connectivity index (χ0v) is 48.1. The van der Waals surface area contributed by atoms with Gasteiger partial charge in [-0.1, -0.05) is 286 Å².